The molecule has 1 fully saturated rings. The van der Waals surface area contributed by atoms with Crippen molar-refractivity contribution in [1.29, 1.82) is 0 Å². The standard InChI is InChI=1S/C25H29.C19H21Si.C2H6Si.2ClH.Zr/c1-25(2,3)22-14-12-19(13-15-22)23-11-7-10-20-16-21(17-24(20)23)18-8-5-4-6-9-18;1-14-12-16-6-5-7-18(19(16)13-14)15-8-10-17(11-9-15)20(2,3)4;1-3-2;;;/h7,10-18H,4-6,8-9H2,1-3H3;5-13H,1-4H3;1-2H3;2*1H;/q2*-1;;;;+2/p-2. The Kier molecular flexibility index (Phi) is 16.0. The number of hydrogen-bond acceptors (Lipinski definition) is 0. The van der Waals surface area contributed by atoms with E-state index in [0.717, 1.165) is 5.92 Å². The Hall–Kier alpha value is -2.00. The van der Waals surface area contributed by atoms with Crippen molar-refractivity contribution in [3.8, 4) is 22.3 Å². The monoisotopic (exact) mass is 824 g/mol. The van der Waals surface area contributed by atoms with Gasteiger partial charge in [-0.05, 0) is 40.9 Å². The van der Waals surface area contributed by atoms with E-state index in [1.54, 1.807) is 28.9 Å². The number of benzene rings is 4. The molecular weight excluding hydrogens is 771 g/mol. The van der Waals surface area contributed by atoms with E-state index in [0.29, 0.717) is 0 Å². The first kappa shape index (κ1) is 43.4. The first-order valence-electron chi connectivity index (χ1n) is 18.3. The summed E-state index contributed by atoms with van der Waals surface area (Å²) in [6.07, 6.45) is 6.95. The van der Waals surface area contributed by atoms with Crippen LogP contribution in [0.25, 0.3) is 43.8 Å². The van der Waals surface area contributed by atoms with Gasteiger partial charge in [-0.1, -0.05) is 144 Å². The predicted octanol–water partition coefficient (Wildman–Crippen LogP) is 7.44. The second-order valence-corrected chi connectivity index (χ2v) is 30.9. The molecule has 0 saturated heterocycles. The summed E-state index contributed by atoms with van der Waals surface area (Å²) in [6, 6.07) is 41.2. The zero-order valence-corrected chi connectivity index (χ0v) is 38.2. The van der Waals surface area contributed by atoms with Crippen molar-refractivity contribution in [2.24, 2.45) is 0 Å². The third-order valence-corrected chi connectivity index (χ3v) is 11.9. The summed E-state index contributed by atoms with van der Waals surface area (Å²) in [4.78, 5) is 0. The van der Waals surface area contributed by atoms with Gasteiger partial charge in [0.1, 0.15) is 0 Å². The van der Waals surface area contributed by atoms with Gasteiger partial charge in [-0.25, -0.2) is 0 Å². The van der Waals surface area contributed by atoms with E-state index in [-0.39, 0.29) is 35.7 Å². The molecule has 1 aliphatic carbocycles. The minimum Gasteiger partial charge on any atom is -1.00 e. The molecule has 0 bridgehead atoms. The molecule has 6 aromatic carbocycles. The molecule has 7 rings (SSSR count). The van der Waals surface area contributed by atoms with Crippen LogP contribution in [0.3, 0.4) is 0 Å². The van der Waals surface area contributed by atoms with Gasteiger partial charge >= 0.3 is 41.9 Å². The number of hydrogen-bond donors (Lipinski definition) is 0. The van der Waals surface area contributed by atoms with Crippen LogP contribution in [0, 0.1) is 6.92 Å². The molecule has 0 N–H and O–H groups in total. The fraction of sp³-hybridized carbons (Fsp3) is 0.348. The maximum absolute atomic E-state index is 2.47. The molecule has 0 unspecified atom stereocenters. The Morgan fingerprint density at radius 1 is 0.667 bits per heavy atom. The van der Waals surface area contributed by atoms with Crippen LogP contribution >= 0.6 is 0 Å². The Morgan fingerprint density at radius 2 is 1.14 bits per heavy atom. The molecule has 0 amide bonds. The van der Waals surface area contributed by atoms with E-state index in [1.807, 2.05) is 0 Å². The van der Waals surface area contributed by atoms with Crippen LogP contribution in [0.2, 0.25) is 32.7 Å². The summed E-state index contributed by atoms with van der Waals surface area (Å²) in [5.41, 5.74) is 10.1. The molecule has 0 heterocycles. The number of fused-ring (bicyclic) bond motifs is 2. The zero-order chi connectivity index (χ0) is 35.3. The van der Waals surface area contributed by atoms with E-state index in [1.165, 1.54) is 92.2 Å². The first-order valence-corrected chi connectivity index (χ1v) is 28.0. The molecular formula is C46H56Cl2Si2Zr-2. The van der Waals surface area contributed by atoms with Gasteiger partial charge in [0.25, 0.3) is 0 Å². The molecule has 0 aliphatic heterocycles. The van der Waals surface area contributed by atoms with Gasteiger partial charge in [0.05, 0.1) is 8.07 Å². The second-order valence-electron chi connectivity index (χ2n) is 16.4. The van der Waals surface area contributed by atoms with E-state index >= 15 is 0 Å². The average molecular weight is 827 g/mol. The molecule has 0 spiro atoms. The average Bonchev–Trinajstić information content (AvgIpc) is 3.68. The van der Waals surface area contributed by atoms with Crippen molar-refractivity contribution in [2.75, 3.05) is 0 Å². The quantitative estimate of drug-likeness (QED) is 0.128. The Balaban J connectivity index is 0.000000245. The van der Waals surface area contributed by atoms with Gasteiger partial charge in [-0.15, -0.1) is 69.1 Å². The van der Waals surface area contributed by atoms with Crippen molar-refractivity contribution in [3.05, 3.63) is 126 Å². The van der Waals surface area contributed by atoms with Crippen LogP contribution in [-0.4, -0.2) is 13.5 Å². The maximum Gasteiger partial charge on any atom is 0.0775 e. The fourth-order valence-electron chi connectivity index (χ4n) is 7.12. The van der Waals surface area contributed by atoms with Crippen LogP contribution in [0.5, 0.6) is 0 Å². The van der Waals surface area contributed by atoms with Crippen molar-refractivity contribution < 1.29 is 48.1 Å². The Bertz CT molecular complexity index is 1990. The molecule has 6 aromatic rings. The summed E-state index contributed by atoms with van der Waals surface area (Å²) in [6.45, 7) is 20.8. The normalized spacial score (nSPS) is 13.3. The smallest absolute Gasteiger partial charge is 0.0775 e. The molecule has 0 aromatic heterocycles. The van der Waals surface area contributed by atoms with Crippen LogP contribution < -0.4 is 30.0 Å². The summed E-state index contributed by atoms with van der Waals surface area (Å²) < 4.78 is 0. The fourth-order valence-corrected chi connectivity index (χ4v) is 8.28. The number of halogens is 2. The zero-order valence-electron chi connectivity index (χ0n) is 32.3. The third-order valence-electron chi connectivity index (χ3n) is 9.87. The SMILES string of the molecule is CC(C)(C)c1ccc(-c2cccc3[cH-]c(C4CCCCC4)cc23)cc1.C[Si](C)=[Zr+2].Cc1cc2c(-c3ccc([Si](C)(C)C)cc3)cccc2[cH-]1.[Cl-].[Cl-]. The molecule has 268 valence electrons. The van der Waals surface area contributed by atoms with Crippen molar-refractivity contribution in [1.82, 2.24) is 0 Å². The maximum atomic E-state index is 2.47. The summed E-state index contributed by atoms with van der Waals surface area (Å²) in [7, 11) is -1.21. The molecule has 1 aliphatic rings. The van der Waals surface area contributed by atoms with Crippen LogP contribution in [0.4, 0.5) is 0 Å². The van der Waals surface area contributed by atoms with Crippen molar-refractivity contribution in [2.45, 2.75) is 104 Å². The Morgan fingerprint density at radius 3 is 1.63 bits per heavy atom. The number of rotatable bonds is 4. The number of aryl methyl sites for hydroxylation is 1. The first-order chi connectivity index (χ1) is 23.2. The van der Waals surface area contributed by atoms with Crippen LogP contribution in [0.1, 0.15) is 75.5 Å². The molecule has 1 saturated carbocycles. The minimum atomic E-state index is -1.21. The van der Waals surface area contributed by atoms with Gasteiger partial charge < -0.3 is 24.8 Å². The molecule has 0 radical (unpaired) electrons. The summed E-state index contributed by atoms with van der Waals surface area (Å²) in [5, 5.41) is 7.05. The van der Waals surface area contributed by atoms with Gasteiger partial charge in [-0.2, -0.15) is 12.1 Å². The van der Waals surface area contributed by atoms with E-state index in [4.69, 9.17) is 0 Å². The van der Waals surface area contributed by atoms with Crippen molar-refractivity contribution in [3.63, 3.8) is 0 Å². The molecule has 0 nitrogen and oxygen atoms in total. The summed E-state index contributed by atoms with van der Waals surface area (Å²) in [5.74, 6) is 0.775. The summed E-state index contributed by atoms with van der Waals surface area (Å²) >= 11 is 1.74. The van der Waals surface area contributed by atoms with Gasteiger partial charge in [0, 0.05) is 0 Å². The molecule has 5 heteroatoms. The van der Waals surface area contributed by atoms with E-state index < -0.39 is 8.07 Å². The second kappa shape index (κ2) is 18.8. The predicted molar refractivity (Wildman–Crippen MR) is 220 cm³/mol. The van der Waals surface area contributed by atoms with E-state index in [9.17, 15) is 0 Å². The Labute approximate surface area is 337 Å². The third kappa shape index (κ3) is 11.5. The topological polar surface area (TPSA) is 0 Å². The minimum absolute atomic E-state index is 0. The van der Waals surface area contributed by atoms with Crippen molar-refractivity contribution >= 4 is 40.2 Å². The molecule has 51 heavy (non-hydrogen) atoms. The van der Waals surface area contributed by atoms with Gasteiger partial charge in [0.2, 0.25) is 0 Å². The molecule has 0 atom stereocenters. The van der Waals surface area contributed by atoms with Crippen LogP contribution in [0.15, 0.2) is 109 Å². The largest absolute Gasteiger partial charge is 1.00 e. The van der Waals surface area contributed by atoms with Gasteiger partial charge in [0.15, 0.2) is 0 Å². The van der Waals surface area contributed by atoms with Gasteiger partial charge in [-0.3, -0.25) is 0 Å². The van der Waals surface area contributed by atoms with Crippen LogP contribution in [-0.2, 0) is 28.8 Å². The van der Waals surface area contributed by atoms with E-state index in [2.05, 4.69) is 170 Å².